The number of methoxy groups -OCH3 is 1. The number of esters is 2. The van der Waals surface area contributed by atoms with E-state index in [9.17, 15) is 19.2 Å². The molecule has 9 nitrogen and oxygen atoms in total. The predicted octanol–water partition coefficient (Wildman–Crippen LogP) is 7.45. The van der Waals surface area contributed by atoms with Gasteiger partial charge in [0, 0.05) is 18.1 Å². The van der Waals surface area contributed by atoms with E-state index in [1.807, 2.05) is 98.9 Å². The van der Waals surface area contributed by atoms with Crippen molar-refractivity contribution >= 4 is 29.4 Å². The molecule has 0 aliphatic carbocycles. The summed E-state index contributed by atoms with van der Waals surface area (Å²) in [5, 5.41) is 5.74. The lowest BCUT2D eigenvalue weighted by Crippen LogP contribution is -2.47. The fourth-order valence-electron chi connectivity index (χ4n) is 5.56. The van der Waals surface area contributed by atoms with Crippen LogP contribution in [0.4, 0.5) is 5.69 Å². The summed E-state index contributed by atoms with van der Waals surface area (Å²) < 4.78 is 12.0. The topological polar surface area (TPSA) is 116 Å². The maximum absolute atomic E-state index is 14.0. The molecule has 256 valence electrons. The molecule has 5 rings (SSSR count). The van der Waals surface area contributed by atoms with Gasteiger partial charge in [0.05, 0.1) is 19.1 Å². The molecule has 0 unspecified atom stereocenters. The molecule has 0 bridgehead atoms. The number of rotatable bonds is 14. The van der Waals surface area contributed by atoms with Crippen molar-refractivity contribution in [2.24, 2.45) is 5.92 Å². The van der Waals surface area contributed by atoms with Gasteiger partial charge in [-0.15, -0.1) is 0 Å². The Bertz CT molecular complexity index is 1880. The molecule has 0 aliphatic heterocycles. The Labute approximate surface area is 292 Å². The average Bonchev–Trinajstić information content (AvgIpc) is 3.63. The monoisotopic (exact) mass is 671 g/mol. The van der Waals surface area contributed by atoms with Crippen LogP contribution in [0.3, 0.4) is 0 Å². The van der Waals surface area contributed by atoms with Crippen LogP contribution in [0.2, 0.25) is 0 Å². The van der Waals surface area contributed by atoms with Crippen LogP contribution < -0.4 is 10.6 Å². The maximum atomic E-state index is 14.0. The van der Waals surface area contributed by atoms with E-state index in [1.54, 1.807) is 35.0 Å². The zero-order valence-electron chi connectivity index (χ0n) is 28.4. The van der Waals surface area contributed by atoms with Crippen molar-refractivity contribution in [2.45, 2.75) is 45.4 Å². The van der Waals surface area contributed by atoms with Crippen molar-refractivity contribution in [3.05, 3.63) is 139 Å². The quantitative estimate of drug-likeness (QED) is 0.119. The fraction of sp³-hybridized carbons (Fsp3) is 0.220. The van der Waals surface area contributed by atoms with Crippen molar-refractivity contribution in [3.63, 3.8) is 0 Å². The predicted molar refractivity (Wildman–Crippen MR) is 193 cm³/mol. The van der Waals surface area contributed by atoms with Gasteiger partial charge in [-0.05, 0) is 70.5 Å². The van der Waals surface area contributed by atoms with Gasteiger partial charge >= 0.3 is 11.9 Å². The molecule has 1 heterocycles. The van der Waals surface area contributed by atoms with Gasteiger partial charge in [-0.2, -0.15) is 0 Å². The molecular formula is C41H41N3O6. The highest BCUT2D eigenvalue weighted by Crippen LogP contribution is 2.27. The second-order valence-electron chi connectivity index (χ2n) is 12.4. The summed E-state index contributed by atoms with van der Waals surface area (Å²) in [6.45, 7) is 3.99. The molecule has 1 aromatic heterocycles. The molecule has 0 saturated carbocycles. The molecule has 5 aromatic rings. The molecule has 4 aromatic carbocycles. The Morgan fingerprint density at radius 1 is 0.700 bits per heavy atom. The van der Waals surface area contributed by atoms with E-state index in [-0.39, 0.29) is 18.9 Å². The van der Waals surface area contributed by atoms with E-state index < -0.39 is 35.8 Å². The summed E-state index contributed by atoms with van der Waals surface area (Å²) in [4.78, 5) is 52.5. The minimum absolute atomic E-state index is 0.0686. The number of amides is 2. The first-order valence-corrected chi connectivity index (χ1v) is 16.5. The van der Waals surface area contributed by atoms with Gasteiger partial charge in [0.15, 0.2) is 0 Å². The third kappa shape index (κ3) is 9.56. The Kier molecular flexibility index (Phi) is 12.0. The molecule has 0 radical (unpaired) electrons. The first kappa shape index (κ1) is 35.3. The van der Waals surface area contributed by atoms with Gasteiger partial charge in [0.25, 0.3) is 0 Å². The Morgan fingerprint density at radius 2 is 1.30 bits per heavy atom. The van der Waals surface area contributed by atoms with Gasteiger partial charge in [0.1, 0.15) is 18.7 Å². The first-order chi connectivity index (χ1) is 24.2. The van der Waals surface area contributed by atoms with Crippen molar-refractivity contribution in [1.82, 2.24) is 9.88 Å². The van der Waals surface area contributed by atoms with E-state index in [0.29, 0.717) is 17.7 Å². The van der Waals surface area contributed by atoms with Crippen molar-refractivity contribution in [1.29, 1.82) is 0 Å². The fourth-order valence-corrected chi connectivity index (χ4v) is 5.56. The number of ether oxygens (including phenoxy) is 2. The van der Waals surface area contributed by atoms with Crippen LogP contribution in [0.1, 0.15) is 48.7 Å². The minimum Gasteiger partial charge on any atom is -0.465 e. The number of nitrogens with zero attached hydrogens (tertiary/aromatic N) is 1. The normalized spacial score (nSPS) is 12.1. The first-order valence-electron chi connectivity index (χ1n) is 16.5. The van der Waals surface area contributed by atoms with Gasteiger partial charge in [-0.25, -0.2) is 4.79 Å². The lowest BCUT2D eigenvalue weighted by Gasteiger charge is -2.24. The van der Waals surface area contributed by atoms with Crippen LogP contribution in [0.25, 0.3) is 22.3 Å². The highest BCUT2D eigenvalue weighted by Gasteiger charge is 2.30. The lowest BCUT2D eigenvalue weighted by atomic mass is 10.0. The second kappa shape index (κ2) is 16.9. The number of carbonyl (C=O) groups is 4. The number of anilines is 1. The van der Waals surface area contributed by atoms with Crippen LogP contribution in [0.15, 0.2) is 128 Å². The molecule has 2 atom stereocenters. The van der Waals surface area contributed by atoms with Crippen LogP contribution in [0, 0.1) is 5.92 Å². The SMILES string of the molecule is COC(=O)c1ccc(NC(=O)[C@H](CC(C)C)NC(=O)[C@@H](CC(=O)OCc2ccccc2)n2ccc(-c3ccc(-c4ccccc4)cc3)c2)cc1. The van der Waals surface area contributed by atoms with Crippen LogP contribution in [0.5, 0.6) is 0 Å². The lowest BCUT2D eigenvalue weighted by molar-refractivity contribution is -0.147. The smallest absolute Gasteiger partial charge is 0.337 e. The van der Waals surface area contributed by atoms with E-state index in [2.05, 4.69) is 22.8 Å². The Morgan fingerprint density at radius 3 is 1.92 bits per heavy atom. The van der Waals surface area contributed by atoms with E-state index >= 15 is 0 Å². The summed E-state index contributed by atoms with van der Waals surface area (Å²) in [5.74, 6) is -1.88. The van der Waals surface area contributed by atoms with Gasteiger partial charge in [0.2, 0.25) is 11.8 Å². The molecule has 2 amide bonds. The van der Waals surface area contributed by atoms with Gasteiger partial charge in [-0.1, -0.05) is 98.8 Å². The second-order valence-corrected chi connectivity index (χ2v) is 12.4. The number of hydrogen-bond acceptors (Lipinski definition) is 6. The molecule has 0 fully saturated rings. The highest BCUT2D eigenvalue weighted by molar-refractivity contribution is 5.98. The zero-order chi connectivity index (χ0) is 35.5. The largest absolute Gasteiger partial charge is 0.465 e. The zero-order valence-corrected chi connectivity index (χ0v) is 28.4. The molecule has 0 saturated heterocycles. The summed E-state index contributed by atoms with van der Waals surface area (Å²) in [5.41, 5.74) is 5.65. The van der Waals surface area contributed by atoms with Gasteiger partial charge in [-0.3, -0.25) is 14.4 Å². The molecule has 0 spiro atoms. The number of hydrogen-bond donors (Lipinski definition) is 2. The number of aromatic nitrogens is 1. The Hall–Kier alpha value is -5.96. The average molecular weight is 672 g/mol. The Balaban J connectivity index is 1.35. The number of benzene rings is 4. The molecule has 2 N–H and O–H groups in total. The number of carbonyl (C=O) groups excluding carboxylic acids is 4. The van der Waals surface area contributed by atoms with Crippen molar-refractivity contribution < 1.29 is 28.7 Å². The van der Waals surface area contributed by atoms with E-state index in [0.717, 1.165) is 27.8 Å². The van der Waals surface area contributed by atoms with Crippen LogP contribution in [-0.4, -0.2) is 41.5 Å². The van der Waals surface area contributed by atoms with Crippen molar-refractivity contribution in [2.75, 3.05) is 12.4 Å². The highest BCUT2D eigenvalue weighted by atomic mass is 16.5. The van der Waals surface area contributed by atoms with E-state index in [1.165, 1.54) is 7.11 Å². The molecular weight excluding hydrogens is 630 g/mol. The van der Waals surface area contributed by atoms with Crippen LogP contribution in [-0.2, 0) is 30.5 Å². The third-order valence-electron chi connectivity index (χ3n) is 8.22. The summed E-state index contributed by atoms with van der Waals surface area (Å²) in [7, 11) is 1.30. The minimum atomic E-state index is -0.989. The van der Waals surface area contributed by atoms with Crippen LogP contribution >= 0.6 is 0 Å². The standard InChI is InChI=1S/C41H41N3O6/c1-28(2)24-36(39(46)42-35-20-18-33(19-21-35)41(48)49-3)43-40(47)37(25-38(45)50-27-29-10-6-4-7-11-29)44-23-22-34(26-44)32-16-14-31(15-17-32)30-12-8-5-9-13-30/h4-23,26,28,36-37H,24-25,27H2,1-3H3,(H,42,46)(H,43,47)/t36-,37+/m0/s1. The molecule has 0 aliphatic rings. The summed E-state index contributed by atoms with van der Waals surface area (Å²) >= 11 is 0. The van der Waals surface area contributed by atoms with Crippen molar-refractivity contribution in [3.8, 4) is 22.3 Å². The maximum Gasteiger partial charge on any atom is 0.337 e. The molecule has 50 heavy (non-hydrogen) atoms. The summed E-state index contributed by atoms with van der Waals surface area (Å²) in [6.07, 6.45) is 3.70. The molecule has 9 heteroatoms. The summed E-state index contributed by atoms with van der Waals surface area (Å²) in [6, 6.07) is 33.8. The third-order valence-corrected chi connectivity index (χ3v) is 8.22. The van der Waals surface area contributed by atoms with E-state index in [4.69, 9.17) is 9.47 Å². The van der Waals surface area contributed by atoms with Gasteiger partial charge < -0.3 is 24.7 Å². The number of nitrogens with one attached hydrogen (secondary N) is 2.